The molecule has 1 aromatic carbocycles. The first-order valence-electron chi connectivity index (χ1n) is 11.7. The van der Waals surface area contributed by atoms with Gasteiger partial charge in [0.2, 0.25) is 0 Å². The maximum atomic E-state index is 13.5. The Morgan fingerprint density at radius 2 is 1.85 bits per heavy atom. The van der Waals surface area contributed by atoms with Gasteiger partial charge in [0.15, 0.2) is 5.69 Å². The van der Waals surface area contributed by atoms with Crippen molar-refractivity contribution in [3.8, 4) is 5.69 Å². The minimum atomic E-state index is -0.785. The van der Waals surface area contributed by atoms with Crippen molar-refractivity contribution < 1.29 is 9.59 Å². The maximum Gasteiger partial charge on any atom is 0.272 e. The zero-order chi connectivity index (χ0) is 23.8. The molecule has 5 rings (SSSR count). The average Bonchev–Trinajstić information content (AvgIpc) is 3.00. The molecule has 2 aromatic heterocycles. The van der Waals surface area contributed by atoms with Crippen LogP contribution < -0.4 is 16.6 Å². The van der Waals surface area contributed by atoms with Crippen molar-refractivity contribution >= 4 is 23.4 Å². The van der Waals surface area contributed by atoms with Gasteiger partial charge in [-0.05, 0) is 80.8 Å². The van der Waals surface area contributed by atoms with E-state index in [-0.39, 0.29) is 17.5 Å². The van der Waals surface area contributed by atoms with Gasteiger partial charge in [-0.1, -0.05) is 18.0 Å². The molecule has 8 nitrogen and oxygen atoms in total. The van der Waals surface area contributed by atoms with Crippen LogP contribution in [-0.4, -0.2) is 26.6 Å². The third-order valence-corrected chi connectivity index (χ3v) is 6.99. The number of nitrogens with two attached hydrogens (primary N) is 1. The number of aromatic amines is 1. The van der Waals surface area contributed by atoms with E-state index in [4.69, 9.17) is 22.4 Å². The summed E-state index contributed by atoms with van der Waals surface area (Å²) in [7, 11) is 0. The highest BCUT2D eigenvalue weighted by Crippen LogP contribution is 2.31. The number of hydrogen-bond donors (Lipinski definition) is 3. The molecular formula is C25H26ClN5O3. The van der Waals surface area contributed by atoms with Crippen molar-refractivity contribution in [1.29, 1.82) is 0 Å². The monoisotopic (exact) mass is 479 g/mol. The number of fused-ring (bicyclic) bond motifs is 2. The second-order valence-electron chi connectivity index (χ2n) is 8.95. The zero-order valence-electron chi connectivity index (χ0n) is 18.7. The number of hydrogen-bond acceptors (Lipinski definition) is 4. The van der Waals surface area contributed by atoms with E-state index in [2.05, 4.69) is 10.3 Å². The van der Waals surface area contributed by atoms with E-state index in [1.165, 1.54) is 6.07 Å². The smallest absolute Gasteiger partial charge is 0.272 e. The van der Waals surface area contributed by atoms with Gasteiger partial charge in [0, 0.05) is 22.0 Å². The number of benzene rings is 1. The van der Waals surface area contributed by atoms with E-state index in [0.29, 0.717) is 23.6 Å². The molecule has 0 bridgehead atoms. The van der Waals surface area contributed by atoms with Crippen molar-refractivity contribution in [1.82, 2.24) is 20.1 Å². The van der Waals surface area contributed by atoms with Crippen LogP contribution in [0.2, 0.25) is 5.02 Å². The van der Waals surface area contributed by atoms with Gasteiger partial charge in [-0.15, -0.1) is 0 Å². The number of halogens is 1. The van der Waals surface area contributed by atoms with E-state index >= 15 is 0 Å². The number of amides is 2. The molecule has 2 amide bonds. The molecule has 2 heterocycles. The lowest BCUT2D eigenvalue weighted by Gasteiger charge is -2.26. The minimum absolute atomic E-state index is 0.0965. The Morgan fingerprint density at radius 3 is 2.62 bits per heavy atom. The fourth-order valence-corrected chi connectivity index (χ4v) is 5.18. The molecule has 0 fully saturated rings. The van der Waals surface area contributed by atoms with Crippen LogP contribution in [0.5, 0.6) is 0 Å². The summed E-state index contributed by atoms with van der Waals surface area (Å²) in [5, 5.41) is 8.50. The lowest BCUT2D eigenvalue weighted by Crippen LogP contribution is -2.34. The number of aromatic nitrogens is 3. The summed E-state index contributed by atoms with van der Waals surface area (Å²) < 4.78 is 1.86. The number of rotatable bonds is 4. The van der Waals surface area contributed by atoms with Crippen LogP contribution in [0.1, 0.15) is 81.5 Å². The van der Waals surface area contributed by atoms with E-state index in [1.807, 2.05) is 28.9 Å². The highest BCUT2D eigenvalue weighted by atomic mass is 35.5. The molecule has 34 heavy (non-hydrogen) atoms. The second-order valence-corrected chi connectivity index (χ2v) is 9.39. The SMILES string of the molecule is NC(=O)c1cc2c([nH]c1=O)CCCC2NC(=O)c1nn(-c2ccc(Cl)cc2)c2c1CCCCC2. The first kappa shape index (κ1) is 22.4. The standard InChI is InChI=1S/C25H26ClN5O3/c26-14-9-11-15(12-10-14)31-21-8-3-1-2-5-16(21)22(30-31)25(34)29-20-7-4-6-19-17(20)13-18(23(27)32)24(33)28-19/h9-13,20H,1-8H2,(H2,27,32)(H,28,33)(H,29,34). The molecule has 0 spiro atoms. The van der Waals surface area contributed by atoms with Gasteiger partial charge in [0.25, 0.3) is 17.4 Å². The third-order valence-electron chi connectivity index (χ3n) is 6.74. The van der Waals surface area contributed by atoms with Gasteiger partial charge < -0.3 is 16.0 Å². The summed E-state index contributed by atoms with van der Waals surface area (Å²) in [6, 6.07) is 8.62. The number of pyridine rings is 1. The molecule has 2 aliphatic carbocycles. The average molecular weight is 480 g/mol. The Labute approximate surface area is 201 Å². The Bertz CT molecular complexity index is 1330. The molecule has 9 heteroatoms. The minimum Gasteiger partial charge on any atom is -0.365 e. The highest BCUT2D eigenvalue weighted by Gasteiger charge is 2.29. The van der Waals surface area contributed by atoms with Crippen molar-refractivity contribution in [2.24, 2.45) is 5.73 Å². The largest absolute Gasteiger partial charge is 0.365 e. The number of H-pyrrole nitrogens is 1. The fraction of sp³-hybridized carbons (Fsp3) is 0.360. The summed E-state index contributed by atoms with van der Waals surface area (Å²) in [4.78, 5) is 40.2. The lowest BCUT2D eigenvalue weighted by molar-refractivity contribution is 0.0926. The van der Waals surface area contributed by atoms with Gasteiger partial charge in [-0.2, -0.15) is 5.10 Å². The molecule has 4 N–H and O–H groups in total. The van der Waals surface area contributed by atoms with Gasteiger partial charge in [0.05, 0.1) is 11.7 Å². The second kappa shape index (κ2) is 9.10. The van der Waals surface area contributed by atoms with Crippen LogP contribution in [0.15, 0.2) is 35.1 Å². The summed E-state index contributed by atoms with van der Waals surface area (Å²) in [6.07, 6.45) is 7.00. The van der Waals surface area contributed by atoms with Crippen LogP contribution in [-0.2, 0) is 19.3 Å². The van der Waals surface area contributed by atoms with E-state index in [1.54, 1.807) is 0 Å². The van der Waals surface area contributed by atoms with Crippen LogP contribution in [0, 0.1) is 0 Å². The predicted octanol–water partition coefficient (Wildman–Crippen LogP) is 3.39. The van der Waals surface area contributed by atoms with Gasteiger partial charge in [0.1, 0.15) is 5.56 Å². The summed E-state index contributed by atoms with van der Waals surface area (Å²) >= 11 is 6.07. The number of nitrogens with zero attached hydrogens (tertiary/aromatic N) is 2. The van der Waals surface area contributed by atoms with Crippen molar-refractivity contribution in [3.63, 3.8) is 0 Å². The quantitative estimate of drug-likeness (QED) is 0.496. The number of nitrogens with one attached hydrogen (secondary N) is 2. The normalized spacial score (nSPS) is 17.4. The Morgan fingerprint density at radius 1 is 1.09 bits per heavy atom. The van der Waals surface area contributed by atoms with E-state index in [9.17, 15) is 14.4 Å². The molecule has 0 saturated carbocycles. The molecule has 2 aliphatic rings. The van der Waals surface area contributed by atoms with Crippen molar-refractivity contribution in [3.05, 3.63) is 79.5 Å². The summed E-state index contributed by atoms with van der Waals surface area (Å²) in [6.45, 7) is 0. The topological polar surface area (TPSA) is 123 Å². The number of primary amides is 1. The lowest BCUT2D eigenvalue weighted by atomic mass is 9.90. The number of carbonyl (C=O) groups excluding carboxylic acids is 2. The first-order chi connectivity index (χ1) is 16.4. The van der Waals surface area contributed by atoms with Crippen LogP contribution in [0.25, 0.3) is 5.69 Å². The predicted molar refractivity (Wildman–Crippen MR) is 129 cm³/mol. The van der Waals surface area contributed by atoms with E-state index < -0.39 is 11.5 Å². The molecule has 0 radical (unpaired) electrons. The van der Waals surface area contributed by atoms with Crippen LogP contribution >= 0.6 is 11.6 Å². The van der Waals surface area contributed by atoms with Gasteiger partial charge >= 0.3 is 0 Å². The Balaban J connectivity index is 1.51. The number of aryl methyl sites for hydroxylation is 1. The molecule has 1 atom stereocenters. The molecule has 0 saturated heterocycles. The van der Waals surface area contributed by atoms with Gasteiger partial charge in [-0.25, -0.2) is 4.68 Å². The Hall–Kier alpha value is -3.39. The van der Waals surface area contributed by atoms with Crippen LogP contribution in [0.3, 0.4) is 0 Å². The summed E-state index contributed by atoms with van der Waals surface area (Å²) in [5.41, 5.74) is 9.60. The van der Waals surface area contributed by atoms with Crippen molar-refractivity contribution in [2.75, 3.05) is 0 Å². The fourth-order valence-electron chi connectivity index (χ4n) is 5.05. The summed E-state index contributed by atoms with van der Waals surface area (Å²) in [5.74, 6) is -1.04. The molecule has 0 aliphatic heterocycles. The molecule has 176 valence electrons. The molecular weight excluding hydrogens is 454 g/mol. The third kappa shape index (κ3) is 4.14. The maximum absolute atomic E-state index is 13.5. The molecule has 3 aromatic rings. The highest BCUT2D eigenvalue weighted by molar-refractivity contribution is 6.30. The Kier molecular flexibility index (Phi) is 6.00. The van der Waals surface area contributed by atoms with Crippen molar-refractivity contribution in [2.45, 2.75) is 57.4 Å². The molecule has 1 unspecified atom stereocenters. The number of carbonyl (C=O) groups is 2. The van der Waals surface area contributed by atoms with Gasteiger partial charge in [-0.3, -0.25) is 14.4 Å². The first-order valence-corrected chi connectivity index (χ1v) is 12.0. The van der Waals surface area contributed by atoms with Crippen LogP contribution in [0.4, 0.5) is 0 Å². The zero-order valence-corrected chi connectivity index (χ0v) is 19.5. The van der Waals surface area contributed by atoms with E-state index in [0.717, 1.165) is 66.7 Å².